The lowest BCUT2D eigenvalue weighted by Gasteiger charge is -2.05. The summed E-state index contributed by atoms with van der Waals surface area (Å²) in [6.45, 7) is 7.02. The summed E-state index contributed by atoms with van der Waals surface area (Å²) in [6, 6.07) is 5.23. The zero-order valence-corrected chi connectivity index (χ0v) is 12.2. The van der Waals surface area contributed by atoms with Gasteiger partial charge in [-0.1, -0.05) is 25.2 Å². The fourth-order valence-corrected chi connectivity index (χ4v) is 2.73. The van der Waals surface area contributed by atoms with Crippen molar-refractivity contribution in [1.82, 2.24) is 15.5 Å². The molecule has 1 aromatic carbocycles. The lowest BCUT2D eigenvalue weighted by atomic mass is 10.1. The molecule has 0 aliphatic heterocycles. The monoisotopic (exact) mass is 279 g/mol. The van der Waals surface area contributed by atoms with Crippen LogP contribution in [0.25, 0.3) is 10.6 Å². The minimum absolute atomic E-state index is 0.216. The Morgan fingerprint density at radius 2 is 2.11 bits per heavy atom. The van der Waals surface area contributed by atoms with Crippen molar-refractivity contribution in [2.24, 2.45) is 0 Å². The van der Waals surface area contributed by atoms with E-state index >= 15 is 0 Å². The van der Waals surface area contributed by atoms with Crippen molar-refractivity contribution in [1.29, 1.82) is 0 Å². The van der Waals surface area contributed by atoms with Crippen molar-refractivity contribution in [2.75, 3.05) is 6.54 Å². The third kappa shape index (κ3) is 3.81. The molecule has 0 fully saturated rings. The molecule has 0 saturated carbocycles. The minimum atomic E-state index is -0.216. The number of halogens is 1. The van der Waals surface area contributed by atoms with Gasteiger partial charge in [0.1, 0.15) is 15.8 Å². The first-order valence-electron chi connectivity index (χ1n) is 6.38. The molecule has 3 nitrogen and oxygen atoms in total. The Hall–Kier alpha value is -1.33. The number of hydrogen-bond acceptors (Lipinski definition) is 4. The number of nitrogens with zero attached hydrogens (tertiary/aromatic N) is 2. The van der Waals surface area contributed by atoms with Gasteiger partial charge in [-0.05, 0) is 30.7 Å². The molecule has 19 heavy (non-hydrogen) atoms. The summed E-state index contributed by atoms with van der Waals surface area (Å²) in [5.74, 6) is -0.216. The Bertz CT molecular complexity index is 551. The molecule has 0 amide bonds. The highest BCUT2D eigenvalue weighted by Crippen LogP contribution is 2.27. The number of rotatable bonds is 5. The van der Waals surface area contributed by atoms with E-state index in [0.717, 1.165) is 34.1 Å². The molecule has 0 aliphatic rings. The average Bonchev–Trinajstić information content (AvgIpc) is 2.77. The molecule has 0 bridgehead atoms. The molecule has 0 unspecified atom stereocenters. The van der Waals surface area contributed by atoms with Crippen LogP contribution in [-0.2, 0) is 6.42 Å². The third-order valence-corrected chi connectivity index (χ3v) is 3.79. The normalized spacial score (nSPS) is 11.2. The molecule has 102 valence electrons. The van der Waals surface area contributed by atoms with Crippen molar-refractivity contribution < 1.29 is 4.39 Å². The van der Waals surface area contributed by atoms with Crippen molar-refractivity contribution in [2.45, 2.75) is 33.2 Å². The molecule has 2 aromatic rings. The summed E-state index contributed by atoms with van der Waals surface area (Å²) in [6.07, 6.45) is 0.871. The first-order chi connectivity index (χ1) is 9.06. The molecule has 1 N–H and O–H groups in total. The lowest BCUT2D eigenvalue weighted by molar-refractivity contribution is 0.588. The van der Waals surface area contributed by atoms with E-state index in [0.29, 0.717) is 6.04 Å². The van der Waals surface area contributed by atoms with E-state index in [-0.39, 0.29) is 5.82 Å². The predicted octanol–water partition coefficient (Wildman–Crippen LogP) is 3.19. The van der Waals surface area contributed by atoms with E-state index in [4.69, 9.17) is 0 Å². The molecule has 0 spiro atoms. The number of hydrogen-bond donors (Lipinski definition) is 1. The van der Waals surface area contributed by atoms with Gasteiger partial charge in [0.05, 0.1) is 0 Å². The summed E-state index contributed by atoms with van der Waals surface area (Å²) in [5, 5.41) is 13.6. The first kappa shape index (κ1) is 14.1. The van der Waals surface area contributed by atoms with Crippen LogP contribution in [0.2, 0.25) is 0 Å². The maximum atomic E-state index is 13.1. The van der Waals surface area contributed by atoms with Crippen LogP contribution in [0.15, 0.2) is 18.2 Å². The first-order valence-corrected chi connectivity index (χ1v) is 7.20. The zero-order valence-electron chi connectivity index (χ0n) is 11.4. The van der Waals surface area contributed by atoms with Crippen LogP contribution in [-0.4, -0.2) is 22.8 Å². The van der Waals surface area contributed by atoms with Gasteiger partial charge in [-0.15, -0.1) is 10.2 Å². The summed E-state index contributed by atoms with van der Waals surface area (Å²) in [4.78, 5) is 0. The van der Waals surface area contributed by atoms with Crippen LogP contribution in [0.1, 0.15) is 24.4 Å². The summed E-state index contributed by atoms with van der Waals surface area (Å²) < 4.78 is 13.1. The summed E-state index contributed by atoms with van der Waals surface area (Å²) >= 11 is 1.57. The fraction of sp³-hybridized carbons (Fsp3) is 0.429. The van der Waals surface area contributed by atoms with E-state index in [1.807, 2.05) is 6.92 Å². The van der Waals surface area contributed by atoms with E-state index < -0.39 is 0 Å². The molecular weight excluding hydrogens is 261 g/mol. The Labute approximate surface area is 116 Å². The molecular formula is C14H18FN3S. The smallest absolute Gasteiger partial charge is 0.148 e. The average molecular weight is 279 g/mol. The third-order valence-electron chi connectivity index (χ3n) is 2.78. The molecule has 0 saturated heterocycles. The van der Waals surface area contributed by atoms with Crippen molar-refractivity contribution >= 4 is 11.3 Å². The van der Waals surface area contributed by atoms with E-state index in [2.05, 4.69) is 29.4 Å². The van der Waals surface area contributed by atoms with Gasteiger partial charge in [0, 0.05) is 24.6 Å². The Morgan fingerprint density at radius 3 is 2.79 bits per heavy atom. The highest BCUT2D eigenvalue weighted by molar-refractivity contribution is 7.14. The second-order valence-electron chi connectivity index (χ2n) is 4.82. The Kier molecular flexibility index (Phi) is 4.61. The number of aromatic nitrogens is 2. The van der Waals surface area contributed by atoms with Gasteiger partial charge >= 0.3 is 0 Å². The van der Waals surface area contributed by atoms with Gasteiger partial charge in [-0.2, -0.15) is 0 Å². The van der Waals surface area contributed by atoms with Gasteiger partial charge in [0.2, 0.25) is 0 Å². The quantitative estimate of drug-likeness (QED) is 0.913. The molecule has 1 heterocycles. The van der Waals surface area contributed by atoms with Crippen molar-refractivity contribution in [3.05, 3.63) is 34.6 Å². The number of benzene rings is 1. The minimum Gasteiger partial charge on any atom is -0.314 e. The largest absolute Gasteiger partial charge is 0.314 e. The highest BCUT2D eigenvalue weighted by Gasteiger charge is 2.09. The predicted molar refractivity (Wildman–Crippen MR) is 76.9 cm³/mol. The van der Waals surface area contributed by atoms with E-state index in [9.17, 15) is 4.39 Å². The zero-order chi connectivity index (χ0) is 13.8. The fourth-order valence-electron chi connectivity index (χ4n) is 1.80. The van der Waals surface area contributed by atoms with Crippen LogP contribution < -0.4 is 5.32 Å². The van der Waals surface area contributed by atoms with Crippen LogP contribution in [0.4, 0.5) is 4.39 Å². The van der Waals surface area contributed by atoms with Crippen molar-refractivity contribution in [3.63, 3.8) is 0 Å². The van der Waals surface area contributed by atoms with Gasteiger partial charge in [-0.25, -0.2) is 4.39 Å². The second kappa shape index (κ2) is 6.21. The number of aryl methyl sites for hydroxylation is 1. The molecule has 0 atom stereocenters. The van der Waals surface area contributed by atoms with Crippen LogP contribution >= 0.6 is 11.3 Å². The van der Waals surface area contributed by atoms with E-state index in [1.165, 1.54) is 12.1 Å². The van der Waals surface area contributed by atoms with Crippen LogP contribution in [0, 0.1) is 12.7 Å². The molecule has 5 heteroatoms. The molecule has 2 rings (SSSR count). The second-order valence-corrected chi connectivity index (χ2v) is 5.88. The van der Waals surface area contributed by atoms with Gasteiger partial charge in [-0.3, -0.25) is 0 Å². The molecule has 0 radical (unpaired) electrons. The topological polar surface area (TPSA) is 37.8 Å². The Balaban J connectivity index is 2.08. The summed E-state index contributed by atoms with van der Waals surface area (Å²) in [5.41, 5.74) is 1.85. The van der Waals surface area contributed by atoms with Gasteiger partial charge in [0.25, 0.3) is 0 Å². The number of nitrogens with one attached hydrogen (secondary N) is 1. The summed E-state index contributed by atoms with van der Waals surface area (Å²) in [7, 11) is 0. The van der Waals surface area contributed by atoms with E-state index in [1.54, 1.807) is 17.4 Å². The Morgan fingerprint density at radius 1 is 1.32 bits per heavy atom. The standard InChI is InChI=1S/C14H18FN3S/c1-9(2)16-7-6-13-17-18-14(19-13)12-5-4-11(15)8-10(12)3/h4-5,8-9,16H,6-7H2,1-3H3. The van der Waals surface area contributed by atoms with Crippen molar-refractivity contribution in [3.8, 4) is 10.6 Å². The van der Waals surface area contributed by atoms with Gasteiger partial charge in [0.15, 0.2) is 0 Å². The maximum Gasteiger partial charge on any atom is 0.148 e. The highest BCUT2D eigenvalue weighted by atomic mass is 32.1. The molecule has 0 aliphatic carbocycles. The van der Waals surface area contributed by atoms with Gasteiger partial charge < -0.3 is 5.32 Å². The van der Waals surface area contributed by atoms with Crippen LogP contribution in [0.5, 0.6) is 0 Å². The SMILES string of the molecule is Cc1cc(F)ccc1-c1nnc(CCNC(C)C)s1. The molecule has 1 aromatic heterocycles. The van der Waals surface area contributed by atoms with Crippen LogP contribution in [0.3, 0.4) is 0 Å². The maximum absolute atomic E-state index is 13.1. The lowest BCUT2D eigenvalue weighted by Crippen LogP contribution is -2.24.